The SMILES string of the molecule is CCCCCCCCCCCCOc1cc(/C=C/c2cc(OC[C@@H](C)CC)c(/C=C/c3cc(OC[C@@H](C)CC)c(/C=C/c4cc(OCCOCCOCCOCCOC)c(OCCOCCOCCOCCOC)c(OCCOCCOCCOCCOC)c4)cc3OC[C@@H](C)CC)cc2OC[C@@H](C)CC)cc(OCCCCCCCCCCCC)c1OCCCCCCCCCCCC. The highest BCUT2D eigenvalue weighted by Crippen LogP contribution is 2.44. The second-order valence-electron chi connectivity index (χ2n) is 36.0. The van der Waals surface area contributed by atoms with E-state index < -0.39 is 0 Å². The third-order valence-corrected chi connectivity index (χ3v) is 23.8. The molecule has 0 aliphatic heterocycles. The molecule has 0 amide bonds. The van der Waals surface area contributed by atoms with Gasteiger partial charge in [0, 0.05) is 43.6 Å². The van der Waals surface area contributed by atoms with Crippen molar-refractivity contribution in [3.63, 3.8) is 0 Å². The minimum absolute atomic E-state index is 0.187. The van der Waals surface area contributed by atoms with Crippen molar-refractivity contribution in [3.8, 4) is 57.5 Å². The molecule has 4 atom stereocenters. The Kier molecular flexibility index (Phi) is 76.7. The van der Waals surface area contributed by atoms with Crippen molar-refractivity contribution in [2.75, 3.05) is 226 Å². The van der Waals surface area contributed by atoms with E-state index in [0.717, 1.165) is 126 Å². The highest BCUT2D eigenvalue weighted by Gasteiger charge is 2.22. The second kappa shape index (κ2) is 85.6. The number of ether oxygens (including phenoxy) is 22. The van der Waals surface area contributed by atoms with Crippen LogP contribution in [-0.4, -0.2) is 226 Å². The first-order chi connectivity index (χ1) is 66.4. The molecule has 135 heavy (non-hydrogen) atoms. The molecule has 0 aliphatic rings. The van der Waals surface area contributed by atoms with Gasteiger partial charge in [0.15, 0.2) is 23.0 Å². The molecule has 0 aliphatic carbocycles. The minimum atomic E-state index is 0.187. The summed E-state index contributed by atoms with van der Waals surface area (Å²) in [5.74, 6) is 7.51. The van der Waals surface area contributed by atoms with Gasteiger partial charge in [-0.15, -0.1) is 0 Å². The summed E-state index contributed by atoms with van der Waals surface area (Å²) in [6, 6.07) is 16.7. The number of unbranched alkanes of at least 4 members (excludes halogenated alkanes) is 27. The van der Waals surface area contributed by atoms with Crippen molar-refractivity contribution in [3.05, 3.63) is 81.9 Å². The lowest BCUT2D eigenvalue weighted by atomic mass is 10.0. The molecule has 0 N–H and O–H groups in total. The molecule has 22 nitrogen and oxygen atoms in total. The fourth-order valence-corrected chi connectivity index (χ4v) is 14.2. The minimum Gasteiger partial charge on any atom is -0.493 e. The molecule has 0 fully saturated rings. The van der Waals surface area contributed by atoms with Crippen LogP contribution in [0.5, 0.6) is 57.5 Å². The third-order valence-electron chi connectivity index (χ3n) is 23.8. The van der Waals surface area contributed by atoms with Gasteiger partial charge < -0.3 is 104 Å². The van der Waals surface area contributed by atoms with E-state index in [9.17, 15) is 0 Å². The Morgan fingerprint density at radius 3 is 0.600 bits per heavy atom. The van der Waals surface area contributed by atoms with Gasteiger partial charge in [-0.3, -0.25) is 0 Å². The molecule has 4 aromatic carbocycles. The number of methoxy groups -OCH3 is 3. The van der Waals surface area contributed by atoms with E-state index in [0.29, 0.717) is 206 Å². The summed E-state index contributed by atoms with van der Waals surface area (Å²) in [6.07, 6.45) is 54.2. The molecule has 4 rings (SSSR count). The quantitative estimate of drug-likeness (QED) is 0.0298. The zero-order valence-electron chi connectivity index (χ0n) is 87.3. The van der Waals surface area contributed by atoms with Crippen LogP contribution in [-0.2, 0) is 56.8 Å². The van der Waals surface area contributed by atoms with Crippen molar-refractivity contribution >= 4 is 36.5 Å². The van der Waals surface area contributed by atoms with E-state index in [2.05, 4.69) is 143 Å². The lowest BCUT2D eigenvalue weighted by molar-refractivity contribution is -0.00160. The van der Waals surface area contributed by atoms with Crippen molar-refractivity contribution in [1.82, 2.24) is 0 Å². The Bertz CT molecular complexity index is 3330. The van der Waals surface area contributed by atoms with Crippen LogP contribution >= 0.6 is 0 Å². The zero-order valence-corrected chi connectivity index (χ0v) is 87.3. The largest absolute Gasteiger partial charge is 0.493 e. The van der Waals surface area contributed by atoms with Gasteiger partial charge in [0.25, 0.3) is 0 Å². The Hall–Kier alpha value is -6.38. The van der Waals surface area contributed by atoms with Gasteiger partial charge in [-0.1, -0.05) is 312 Å². The lowest BCUT2D eigenvalue weighted by Crippen LogP contribution is -2.16. The van der Waals surface area contributed by atoms with Crippen molar-refractivity contribution < 1.29 is 104 Å². The summed E-state index contributed by atoms with van der Waals surface area (Å²) in [7, 11) is 4.95. The molecule has 4 aromatic rings. The predicted molar refractivity (Wildman–Crippen MR) is 554 cm³/mol. The summed E-state index contributed by atoms with van der Waals surface area (Å²) in [5.41, 5.74) is 5.15. The number of hydrogen-bond donors (Lipinski definition) is 0. The number of rotatable bonds is 97. The fraction of sp³-hybridized carbons (Fsp3) is 0.735. The monoisotopic (exact) mass is 1900 g/mol. The van der Waals surface area contributed by atoms with Crippen molar-refractivity contribution in [2.45, 2.75) is 294 Å². The van der Waals surface area contributed by atoms with Crippen LogP contribution in [0.25, 0.3) is 36.5 Å². The van der Waals surface area contributed by atoms with E-state index in [1.807, 2.05) is 18.2 Å². The highest BCUT2D eigenvalue weighted by molar-refractivity contribution is 5.83. The van der Waals surface area contributed by atoms with Crippen molar-refractivity contribution in [2.24, 2.45) is 23.7 Å². The van der Waals surface area contributed by atoms with Gasteiger partial charge in [-0.2, -0.15) is 0 Å². The van der Waals surface area contributed by atoms with Crippen LogP contribution in [0.15, 0.2) is 48.5 Å². The molecule has 0 spiro atoms. The molecule has 0 saturated heterocycles. The molecule has 0 saturated carbocycles. The van der Waals surface area contributed by atoms with E-state index in [-0.39, 0.29) is 51.5 Å². The number of benzene rings is 4. The van der Waals surface area contributed by atoms with Gasteiger partial charge in [-0.25, -0.2) is 0 Å². The van der Waals surface area contributed by atoms with Gasteiger partial charge in [0.05, 0.1) is 185 Å². The summed E-state index contributed by atoms with van der Waals surface area (Å²) < 4.78 is 136. The number of hydrogen-bond acceptors (Lipinski definition) is 22. The summed E-state index contributed by atoms with van der Waals surface area (Å²) in [4.78, 5) is 0. The van der Waals surface area contributed by atoms with E-state index in [1.165, 1.54) is 154 Å². The third kappa shape index (κ3) is 61.1. The van der Waals surface area contributed by atoms with E-state index >= 15 is 0 Å². The first kappa shape index (κ1) is 121. The molecule has 0 aromatic heterocycles. The average Bonchev–Trinajstić information content (AvgIpc) is 0.787. The van der Waals surface area contributed by atoms with Gasteiger partial charge in [0.2, 0.25) is 11.5 Å². The summed E-state index contributed by atoms with van der Waals surface area (Å²) in [5, 5.41) is 0. The molecular formula is C113H190O22. The molecule has 0 heterocycles. The van der Waals surface area contributed by atoms with Crippen molar-refractivity contribution in [1.29, 1.82) is 0 Å². The molecule has 0 bridgehead atoms. The smallest absolute Gasteiger partial charge is 0.203 e. The Labute approximate surface area is 820 Å². The standard InChI is InChI=1S/C113H190O22/c1-15-22-25-28-31-34-37-40-43-46-55-126-108-82-98(83-109(127-56-47-44-41-38-35-32-29-26-23-16-2)112(108)130-57-48-45-42-39-36-33-30-27-24-17-3)49-51-100-86-106(134-92-96(10)20-6)102(88-104(100)132-90-94(8)18-4)53-54-103-89-105(133-91-95(9)19-5)101(87-107(103)135-93-97(11)21-7)52-50-99-84-110(128-79-76-123-73-70-120-67-64-117-61-58-114-12)113(131-81-78-125-75-72-122-69-66-119-63-60-116-14)111(85-99)129-80-77-124-74-71-121-68-65-118-62-59-115-13/h49-54,82-89,94-97H,15-48,55-81,90-93H2,1-14H3/b51-49+,52-50+,54-53+/t94-,95-,96-,97-/m0/s1. The van der Waals surface area contributed by atoms with Crippen LogP contribution in [0.1, 0.15) is 328 Å². The van der Waals surface area contributed by atoms with Crippen LogP contribution in [0.4, 0.5) is 0 Å². The fourth-order valence-electron chi connectivity index (χ4n) is 14.2. The zero-order chi connectivity index (χ0) is 97.0. The maximum Gasteiger partial charge on any atom is 0.203 e. The topological polar surface area (TPSA) is 203 Å². The van der Waals surface area contributed by atoms with Crippen LogP contribution < -0.4 is 47.4 Å². The highest BCUT2D eigenvalue weighted by atomic mass is 16.6. The predicted octanol–water partition coefficient (Wildman–Crippen LogP) is 27.0. The van der Waals surface area contributed by atoms with Gasteiger partial charge >= 0.3 is 0 Å². The van der Waals surface area contributed by atoms with Gasteiger partial charge in [-0.05, 0) is 103 Å². The van der Waals surface area contributed by atoms with Crippen LogP contribution in [0.2, 0.25) is 0 Å². The average molecular weight is 1900 g/mol. The molecule has 774 valence electrons. The molecule has 0 radical (unpaired) electrons. The molecule has 0 unspecified atom stereocenters. The Morgan fingerprint density at radius 2 is 0.370 bits per heavy atom. The normalized spacial score (nSPS) is 12.7. The Morgan fingerprint density at radius 1 is 0.185 bits per heavy atom. The van der Waals surface area contributed by atoms with E-state index in [4.69, 9.17) is 104 Å². The molecule has 22 heteroatoms. The molecular weight excluding hydrogens is 1710 g/mol. The summed E-state index contributed by atoms with van der Waals surface area (Å²) >= 11 is 0. The Balaban J connectivity index is 1.91. The first-order valence-electron chi connectivity index (χ1n) is 53.1. The van der Waals surface area contributed by atoms with E-state index in [1.54, 1.807) is 21.3 Å². The first-order valence-corrected chi connectivity index (χ1v) is 53.1. The van der Waals surface area contributed by atoms with Crippen LogP contribution in [0, 0.1) is 23.7 Å². The second-order valence-corrected chi connectivity index (χ2v) is 36.0. The maximum atomic E-state index is 7.01. The maximum absolute atomic E-state index is 7.01. The van der Waals surface area contributed by atoms with Gasteiger partial charge in [0.1, 0.15) is 42.8 Å². The lowest BCUT2D eigenvalue weighted by Gasteiger charge is -2.20. The van der Waals surface area contributed by atoms with Crippen LogP contribution in [0.3, 0.4) is 0 Å². The summed E-state index contributed by atoms with van der Waals surface area (Å²) in [6.45, 7) is 38.0.